The van der Waals surface area contributed by atoms with Gasteiger partial charge in [-0.25, -0.2) is 0 Å². The summed E-state index contributed by atoms with van der Waals surface area (Å²) in [7, 11) is 2.55. The van der Waals surface area contributed by atoms with E-state index in [1.54, 1.807) is 12.2 Å². The molecule has 0 aliphatic heterocycles. The summed E-state index contributed by atoms with van der Waals surface area (Å²) in [6.45, 7) is 3.64. The van der Waals surface area contributed by atoms with Crippen LogP contribution in [0.3, 0.4) is 0 Å². The molecule has 0 spiro atoms. The lowest BCUT2D eigenvalue weighted by Gasteiger charge is -2.26. The van der Waals surface area contributed by atoms with E-state index in [9.17, 15) is 9.59 Å². The zero-order chi connectivity index (χ0) is 16.4. The summed E-state index contributed by atoms with van der Waals surface area (Å²) in [5, 5.41) is 0. The smallest absolute Gasteiger partial charge is 0.323 e. The average Bonchev–Trinajstić information content (AvgIpc) is 2.57. The maximum atomic E-state index is 12.2. The molecule has 0 aliphatic rings. The molecular formula is C18H22O4. The van der Waals surface area contributed by atoms with Crippen molar-refractivity contribution in [1.29, 1.82) is 0 Å². The topological polar surface area (TPSA) is 52.6 Å². The van der Waals surface area contributed by atoms with Crippen molar-refractivity contribution >= 4 is 18.0 Å². The molecule has 0 unspecified atom stereocenters. The van der Waals surface area contributed by atoms with Crippen LogP contribution in [0.5, 0.6) is 0 Å². The number of hydrogen-bond donors (Lipinski definition) is 0. The number of ether oxygens (including phenoxy) is 2. The van der Waals surface area contributed by atoms with Crippen LogP contribution in [0.1, 0.15) is 24.8 Å². The summed E-state index contributed by atoms with van der Waals surface area (Å²) in [6.07, 6.45) is 6.37. The molecule has 0 saturated carbocycles. The molecule has 0 atom stereocenters. The molecular weight excluding hydrogens is 280 g/mol. The quantitative estimate of drug-likeness (QED) is 0.419. The number of allylic oxidation sites excluding steroid dienone is 2. The maximum Gasteiger partial charge on any atom is 0.323 e. The van der Waals surface area contributed by atoms with Crippen molar-refractivity contribution < 1.29 is 19.1 Å². The van der Waals surface area contributed by atoms with Gasteiger partial charge in [-0.15, -0.1) is 6.58 Å². The molecule has 0 saturated heterocycles. The monoisotopic (exact) mass is 302 g/mol. The van der Waals surface area contributed by atoms with Gasteiger partial charge in [0.2, 0.25) is 0 Å². The number of benzene rings is 1. The molecule has 1 rings (SSSR count). The molecule has 0 heterocycles. The molecule has 1 aromatic rings. The molecule has 0 N–H and O–H groups in total. The van der Waals surface area contributed by atoms with E-state index in [2.05, 4.69) is 6.58 Å². The Kier molecular flexibility index (Phi) is 7.09. The van der Waals surface area contributed by atoms with E-state index in [1.165, 1.54) is 14.2 Å². The Morgan fingerprint density at radius 3 is 2.23 bits per heavy atom. The lowest BCUT2D eigenvalue weighted by Crippen LogP contribution is -2.40. The van der Waals surface area contributed by atoms with Crippen LogP contribution in [0.2, 0.25) is 0 Å². The average molecular weight is 302 g/mol. The molecule has 0 aliphatic carbocycles. The van der Waals surface area contributed by atoms with Gasteiger partial charge in [0.15, 0.2) is 5.41 Å². The molecule has 4 heteroatoms. The Balaban J connectivity index is 3.01. The minimum absolute atomic E-state index is 0.217. The SMILES string of the molecule is C=CCCC(C/C=C/c1ccccc1)(C(=O)OC)C(=O)OC. The van der Waals surface area contributed by atoms with Gasteiger partial charge in [-0.05, 0) is 24.8 Å². The Morgan fingerprint density at radius 1 is 1.14 bits per heavy atom. The van der Waals surface area contributed by atoms with E-state index in [0.29, 0.717) is 12.8 Å². The van der Waals surface area contributed by atoms with Crippen LogP contribution in [-0.4, -0.2) is 26.2 Å². The van der Waals surface area contributed by atoms with E-state index >= 15 is 0 Å². The van der Waals surface area contributed by atoms with Crippen molar-refractivity contribution in [2.24, 2.45) is 5.41 Å². The van der Waals surface area contributed by atoms with Crippen LogP contribution >= 0.6 is 0 Å². The van der Waals surface area contributed by atoms with E-state index < -0.39 is 17.4 Å². The third-order valence-corrected chi connectivity index (χ3v) is 3.50. The van der Waals surface area contributed by atoms with Crippen molar-refractivity contribution in [3.05, 3.63) is 54.6 Å². The minimum Gasteiger partial charge on any atom is -0.468 e. The zero-order valence-electron chi connectivity index (χ0n) is 13.1. The standard InChI is InChI=1S/C18H22O4/c1-4-5-13-18(16(19)21-2,17(20)22-3)14-9-12-15-10-7-6-8-11-15/h4,6-12H,1,5,13-14H2,2-3H3/b12-9+. The van der Waals surface area contributed by atoms with E-state index in [4.69, 9.17) is 9.47 Å². The highest BCUT2D eigenvalue weighted by molar-refractivity contribution is 6.00. The number of rotatable bonds is 8. The number of carbonyl (C=O) groups is 2. The van der Waals surface area contributed by atoms with Gasteiger partial charge in [0.05, 0.1) is 14.2 Å². The Hall–Kier alpha value is -2.36. The molecule has 0 aromatic heterocycles. The van der Waals surface area contributed by atoms with Crippen molar-refractivity contribution in [3.63, 3.8) is 0 Å². The van der Waals surface area contributed by atoms with Gasteiger partial charge in [-0.3, -0.25) is 9.59 Å². The third kappa shape index (κ3) is 4.32. The second-order valence-electron chi connectivity index (χ2n) is 4.91. The van der Waals surface area contributed by atoms with E-state index in [0.717, 1.165) is 5.56 Å². The normalized spacial score (nSPS) is 11.2. The van der Waals surface area contributed by atoms with Gasteiger partial charge >= 0.3 is 11.9 Å². The van der Waals surface area contributed by atoms with Gasteiger partial charge in [0.1, 0.15) is 0 Å². The van der Waals surface area contributed by atoms with Gasteiger partial charge in [0.25, 0.3) is 0 Å². The van der Waals surface area contributed by atoms with E-state index in [1.807, 2.05) is 36.4 Å². The molecule has 0 radical (unpaired) electrons. The highest BCUT2D eigenvalue weighted by Crippen LogP contribution is 2.33. The van der Waals surface area contributed by atoms with E-state index in [-0.39, 0.29) is 6.42 Å². The molecule has 0 bridgehead atoms. The first-order chi connectivity index (χ1) is 10.6. The number of esters is 2. The summed E-state index contributed by atoms with van der Waals surface area (Å²) in [6, 6.07) is 9.65. The predicted octanol–water partition coefficient (Wildman–Crippen LogP) is 3.39. The predicted molar refractivity (Wildman–Crippen MR) is 86.0 cm³/mol. The third-order valence-electron chi connectivity index (χ3n) is 3.50. The first kappa shape index (κ1) is 17.7. The second-order valence-corrected chi connectivity index (χ2v) is 4.91. The second kappa shape index (κ2) is 8.82. The van der Waals surface area contributed by atoms with Crippen LogP contribution in [0.15, 0.2) is 49.1 Å². The highest BCUT2D eigenvalue weighted by atomic mass is 16.5. The zero-order valence-corrected chi connectivity index (χ0v) is 13.1. The van der Waals surface area contributed by atoms with Gasteiger partial charge in [-0.2, -0.15) is 0 Å². The summed E-state index contributed by atoms with van der Waals surface area (Å²) in [5.41, 5.74) is -0.335. The Bertz CT molecular complexity index is 515. The molecule has 0 fully saturated rings. The Labute approximate surface area is 131 Å². The molecule has 0 amide bonds. The summed E-state index contributed by atoms with van der Waals surface area (Å²) >= 11 is 0. The van der Waals surface area contributed by atoms with Gasteiger partial charge in [-0.1, -0.05) is 48.6 Å². The largest absolute Gasteiger partial charge is 0.468 e. The van der Waals surface area contributed by atoms with Crippen molar-refractivity contribution in [2.75, 3.05) is 14.2 Å². The fraction of sp³-hybridized carbons (Fsp3) is 0.333. The lowest BCUT2D eigenvalue weighted by atomic mass is 9.79. The van der Waals surface area contributed by atoms with Crippen LogP contribution in [0, 0.1) is 5.41 Å². The molecule has 22 heavy (non-hydrogen) atoms. The van der Waals surface area contributed by atoms with Crippen LogP contribution < -0.4 is 0 Å². The number of hydrogen-bond acceptors (Lipinski definition) is 4. The molecule has 4 nitrogen and oxygen atoms in total. The van der Waals surface area contributed by atoms with Crippen molar-refractivity contribution in [1.82, 2.24) is 0 Å². The Morgan fingerprint density at radius 2 is 1.73 bits per heavy atom. The molecule has 1 aromatic carbocycles. The van der Waals surface area contributed by atoms with Gasteiger partial charge < -0.3 is 9.47 Å². The van der Waals surface area contributed by atoms with Crippen LogP contribution in [0.25, 0.3) is 6.08 Å². The first-order valence-corrected chi connectivity index (χ1v) is 7.10. The van der Waals surface area contributed by atoms with Crippen molar-refractivity contribution in [3.8, 4) is 0 Å². The number of carbonyl (C=O) groups excluding carboxylic acids is 2. The maximum absolute atomic E-state index is 12.2. The molecule has 118 valence electrons. The number of methoxy groups -OCH3 is 2. The highest BCUT2D eigenvalue weighted by Gasteiger charge is 2.46. The summed E-state index contributed by atoms with van der Waals surface area (Å²) in [5.74, 6) is -1.17. The summed E-state index contributed by atoms with van der Waals surface area (Å²) < 4.78 is 9.66. The fourth-order valence-corrected chi connectivity index (χ4v) is 2.26. The first-order valence-electron chi connectivity index (χ1n) is 7.10. The fourth-order valence-electron chi connectivity index (χ4n) is 2.26. The van der Waals surface area contributed by atoms with Crippen LogP contribution in [-0.2, 0) is 19.1 Å². The van der Waals surface area contributed by atoms with Gasteiger partial charge in [0, 0.05) is 0 Å². The summed E-state index contributed by atoms with van der Waals surface area (Å²) in [4.78, 5) is 24.4. The van der Waals surface area contributed by atoms with Crippen LogP contribution in [0.4, 0.5) is 0 Å². The lowest BCUT2D eigenvalue weighted by molar-refractivity contribution is -0.169. The van der Waals surface area contributed by atoms with Crippen molar-refractivity contribution in [2.45, 2.75) is 19.3 Å². The minimum atomic E-state index is -1.33.